The summed E-state index contributed by atoms with van der Waals surface area (Å²) in [5, 5.41) is 0. The van der Waals surface area contributed by atoms with Crippen LogP contribution in [0.3, 0.4) is 0 Å². The van der Waals surface area contributed by atoms with E-state index in [2.05, 4.69) is 6.92 Å². The molecule has 0 radical (unpaired) electrons. The van der Waals surface area contributed by atoms with Crippen molar-refractivity contribution >= 4 is 0 Å². The quantitative estimate of drug-likeness (QED) is 0.681. The van der Waals surface area contributed by atoms with Crippen molar-refractivity contribution in [1.82, 2.24) is 0 Å². The lowest BCUT2D eigenvalue weighted by atomic mass is 9.79. The van der Waals surface area contributed by atoms with Crippen molar-refractivity contribution in [2.24, 2.45) is 11.7 Å². The van der Waals surface area contributed by atoms with Crippen LogP contribution >= 0.6 is 0 Å². The van der Waals surface area contributed by atoms with Crippen LogP contribution in [0.25, 0.3) is 0 Å². The normalized spacial score (nSPS) is 30.6. The average molecular weight is 229 g/mol. The number of hydrogen-bond acceptors (Lipinski definition) is 3. The molecule has 0 aromatic heterocycles. The Labute approximate surface area is 99.7 Å². The third-order valence-corrected chi connectivity index (χ3v) is 3.60. The Hall–Kier alpha value is -0.120. The lowest BCUT2D eigenvalue weighted by Gasteiger charge is -2.38. The van der Waals surface area contributed by atoms with Gasteiger partial charge < -0.3 is 15.2 Å². The van der Waals surface area contributed by atoms with Gasteiger partial charge in [0, 0.05) is 26.4 Å². The van der Waals surface area contributed by atoms with Gasteiger partial charge >= 0.3 is 0 Å². The first-order chi connectivity index (χ1) is 7.72. The van der Waals surface area contributed by atoms with Crippen molar-refractivity contribution in [3.63, 3.8) is 0 Å². The fraction of sp³-hybridized carbons (Fsp3) is 1.00. The summed E-state index contributed by atoms with van der Waals surface area (Å²) < 4.78 is 11.3. The highest BCUT2D eigenvalue weighted by molar-refractivity contribution is 4.87. The summed E-state index contributed by atoms with van der Waals surface area (Å²) >= 11 is 0. The summed E-state index contributed by atoms with van der Waals surface area (Å²) in [7, 11) is 0. The molecular formula is C13H27NO2. The largest absolute Gasteiger partial charge is 0.382 e. The highest BCUT2D eigenvalue weighted by Gasteiger charge is 2.33. The van der Waals surface area contributed by atoms with E-state index < -0.39 is 0 Å². The minimum Gasteiger partial charge on any atom is -0.382 e. The van der Waals surface area contributed by atoms with E-state index in [-0.39, 0.29) is 5.60 Å². The smallest absolute Gasteiger partial charge is 0.0804 e. The van der Waals surface area contributed by atoms with E-state index >= 15 is 0 Å². The Kier molecular flexibility index (Phi) is 6.32. The first-order valence-electron chi connectivity index (χ1n) is 6.64. The number of hydrogen-bond donors (Lipinski definition) is 1. The summed E-state index contributed by atoms with van der Waals surface area (Å²) in [5.41, 5.74) is 5.84. The van der Waals surface area contributed by atoms with Crippen LogP contribution in [0.15, 0.2) is 0 Å². The molecule has 2 N–H and O–H groups in total. The molecule has 0 aromatic rings. The Morgan fingerprint density at radius 2 is 1.94 bits per heavy atom. The molecule has 1 aliphatic rings. The summed E-state index contributed by atoms with van der Waals surface area (Å²) in [6.45, 7) is 7.37. The van der Waals surface area contributed by atoms with Gasteiger partial charge in [0.1, 0.15) is 0 Å². The predicted octanol–water partition coefficient (Wildman–Crippen LogP) is 2.34. The highest BCUT2D eigenvalue weighted by atomic mass is 16.5. The molecule has 16 heavy (non-hydrogen) atoms. The molecule has 1 aliphatic carbocycles. The monoisotopic (exact) mass is 229 g/mol. The van der Waals surface area contributed by atoms with Crippen LogP contribution in [0.4, 0.5) is 0 Å². The second-order valence-corrected chi connectivity index (χ2v) is 4.97. The van der Waals surface area contributed by atoms with Gasteiger partial charge in [0.05, 0.1) is 5.60 Å². The van der Waals surface area contributed by atoms with E-state index in [0.29, 0.717) is 6.54 Å². The van der Waals surface area contributed by atoms with Gasteiger partial charge in [-0.15, -0.1) is 0 Å². The maximum atomic E-state index is 6.01. The lowest BCUT2D eigenvalue weighted by molar-refractivity contribution is -0.0749. The van der Waals surface area contributed by atoms with Crippen LogP contribution in [-0.4, -0.2) is 32.0 Å². The molecule has 0 bridgehead atoms. The lowest BCUT2D eigenvalue weighted by Crippen LogP contribution is -2.44. The Morgan fingerprint density at radius 3 is 2.50 bits per heavy atom. The molecule has 0 aromatic carbocycles. The Bertz CT molecular complexity index is 177. The molecule has 0 saturated heterocycles. The van der Waals surface area contributed by atoms with Crippen LogP contribution < -0.4 is 5.73 Å². The van der Waals surface area contributed by atoms with Gasteiger partial charge in [-0.2, -0.15) is 0 Å². The van der Waals surface area contributed by atoms with Crippen LogP contribution in [0.1, 0.15) is 46.0 Å². The molecule has 0 unspecified atom stereocenters. The summed E-state index contributed by atoms with van der Waals surface area (Å²) in [6, 6.07) is 0. The van der Waals surface area contributed by atoms with Crippen LogP contribution in [0.5, 0.6) is 0 Å². The van der Waals surface area contributed by atoms with Crippen LogP contribution in [0.2, 0.25) is 0 Å². The second-order valence-electron chi connectivity index (χ2n) is 4.97. The average Bonchev–Trinajstić information content (AvgIpc) is 2.32. The third kappa shape index (κ3) is 4.40. The second kappa shape index (κ2) is 7.25. The molecule has 1 fully saturated rings. The zero-order chi connectivity index (χ0) is 11.9. The minimum absolute atomic E-state index is 0.0290. The van der Waals surface area contributed by atoms with Crippen molar-refractivity contribution in [2.45, 2.75) is 51.6 Å². The molecule has 3 heteroatoms. The van der Waals surface area contributed by atoms with E-state index in [9.17, 15) is 0 Å². The summed E-state index contributed by atoms with van der Waals surface area (Å²) in [6.07, 6.45) is 5.73. The minimum atomic E-state index is -0.0290. The van der Waals surface area contributed by atoms with E-state index in [1.807, 2.05) is 6.92 Å². The zero-order valence-corrected chi connectivity index (χ0v) is 10.8. The van der Waals surface area contributed by atoms with Crippen molar-refractivity contribution < 1.29 is 9.47 Å². The number of ether oxygens (including phenoxy) is 2. The molecule has 1 rings (SSSR count). The first-order valence-corrected chi connectivity index (χ1v) is 6.64. The van der Waals surface area contributed by atoms with Crippen LogP contribution in [0, 0.1) is 5.92 Å². The molecule has 96 valence electrons. The van der Waals surface area contributed by atoms with E-state index in [4.69, 9.17) is 15.2 Å². The Morgan fingerprint density at radius 1 is 1.25 bits per heavy atom. The van der Waals surface area contributed by atoms with Gasteiger partial charge in [0.15, 0.2) is 0 Å². The molecule has 0 aliphatic heterocycles. The van der Waals surface area contributed by atoms with Crippen molar-refractivity contribution in [3.05, 3.63) is 0 Å². The van der Waals surface area contributed by atoms with Gasteiger partial charge in [-0.3, -0.25) is 0 Å². The molecule has 0 heterocycles. The zero-order valence-electron chi connectivity index (χ0n) is 10.8. The SMILES string of the molecule is CCOCCCOC1(CN)CCC(C)CC1. The summed E-state index contributed by atoms with van der Waals surface area (Å²) in [5.74, 6) is 0.840. The molecule has 0 spiro atoms. The van der Waals surface area contributed by atoms with Crippen molar-refractivity contribution in [3.8, 4) is 0 Å². The first kappa shape index (κ1) is 13.9. The van der Waals surface area contributed by atoms with E-state index in [1.165, 1.54) is 12.8 Å². The molecule has 0 atom stereocenters. The highest BCUT2D eigenvalue weighted by Crippen LogP contribution is 2.34. The number of rotatable bonds is 7. The molecule has 1 saturated carbocycles. The third-order valence-electron chi connectivity index (χ3n) is 3.60. The maximum absolute atomic E-state index is 6.01. The van der Waals surface area contributed by atoms with E-state index in [0.717, 1.165) is 45.0 Å². The van der Waals surface area contributed by atoms with Gasteiger partial charge in [0.2, 0.25) is 0 Å². The molecule has 3 nitrogen and oxygen atoms in total. The topological polar surface area (TPSA) is 44.5 Å². The van der Waals surface area contributed by atoms with Gasteiger partial charge in [-0.25, -0.2) is 0 Å². The van der Waals surface area contributed by atoms with Gasteiger partial charge in [0.25, 0.3) is 0 Å². The van der Waals surface area contributed by atoms with Gasteiger partial charge in [-0.05, 0) is 44.9 Å². The maximum Gasteiger partial charge on any atom is 0.0804 e. The fourth-order valence-corrected chi connectivity index (χ4v) is 2.29. The summed E-state index contributed by atoms with van der Waals surface area (Å²) in [4.78, 5) is 0. The standard InChI is InChI=1S/C13H27NO2/c1-3-15-9-4-10-16-13(11-14)7-5-12(2)6-8-13/h12H,3-11,14H2,1-2H3. The van der Waals surface area contributed by atoms with Crippen LogP contribution in [-0.2, 0) is 9.47 Å². The van der Waals surface area contributed by atoms with Gasteiger partial charge in [-0.1, -0.05) is 6.92 Å². The number of nitrogens with two attached hydrogens (primary N) is 1. The fourth-order valence-electron chi connectivity index (χ4n) is 2.29. The Balaban J connectivity index is 2.20. The van der Waals surface area contributed by atoms with E-state index in [1.54, 1.807) is 0 Å². The molecular weight excluding hydrogens is 202 g/mol. The predicted molar refractivity (Wildman–Crippen MR) is 66.5 cm³/mol. The molecule has 0 amide bonds. The van der Waals surface area contributed by atoms with Crippen molar-refractivity contribution in [2.75, 3.05) is 26.4 Å². The van der Waals surface area contributed by atoms with Crippen molar-refractivity contribution in [1.29, 1.82) is 0 Å².